The third kappa shape index (κ3) is 3.85. The van der Waals surface area contributed by atoms with Crippen LogP contribution in [0.5, 0.6) is 5.75 Å². The quantitative estimate of drug-likeness (QED) is 0.496. The number of carbonyl (C=O) groups excluding carboxylic acids is 1. The zero-order valence-corrected chi connectivity index (χ0v) is 14.8. The topological polar surface area (TPSA) is 55.6 Å². The van der Waals surface area contributed by atoms with Crippen LogP contribution in [0.3, 0.4) is 0 Å². The number of nitrogen functional groups attached to an aromatic ring is 1. The number of carbonyl (C=O) groups is 1. The van der Waals surface area contributed by atoms with E-state index in [4.69, 9.17) is 10.5 Å². The minimum Gasteiger partial charge on any atom is -0.449 e. The molecule has 1 heterocycles. The largest absolute Gasteiger partial charge is 0.449 e. The summed E-state index contributed by atoms with van der Waals surface area (Å²) in [6.07, 6.45) is 4.95. The lowest BCUT2D eigenvalue weighted by molar-refractivity contribution is -0.117. The predicted octanol–water partition coefficient (Wildman–Crippen LogP) is 4.53. The Hall–Kier alpha value is -2.75. The molecule has 0 bridgehead atoms. The molecule has 2 aromatic carbocycles. The maximum atomic E-state index is 12.9. The molecule has 2 N–H and O–H groups in total. The summed E-state index contributed by atoms with van der Waals surface area (Å²) >= 11 is 0. The molecule has 0 saturated heterocycles. The Kier molecular flexibility index (Phi) is 5.08. The summed E-state index contributed by atoms with van der Waals surface area (Å²) in [7, 11) is 0. The molecule has 0 radical (unpaired) electrons. The standard InChI is InChI=1S/C21H24N2O2/c1-3-4-5-12-23-18-11-10-17(22)14-19(18)25-20(21(23)24)13-16-8-6-15(2)7-9-16/h6-11,13-14H,3-5,12,22H2,1-2H3/b20-13+. The Balaban J connectivity index is 1.95. The molecule has 130 valence electrons. The van der Waals surface area contributed by atoms with Gasteiger partial charge in [0.2, 0.25) is 0 Å². The number of hydrogen-bond acceptors (Lipinski definition) is 3. The number of rotatable bonds is 5. The van der Waals surface area contributed by atoms with Gasteiger partial charge < -0.3 is 15.4 Å². The van der Waals surface area contributed by atoms with E-state index in [0.717, 1.165) is 30.5 Å². The van der Waals surface area contributed by atoms with Crippen molar-refractivity contribution >= 4 is 23.4 Å². The van der Waals surface area contributed by atoms with E-state index in [9.17, 15) is 4.79 Å². The van der Waals surface area contributed by atoms with Crippen molar-refractivity contribution in [3.63, 3.8) is 0 Å². The molecule has 0 aliphatic carbocycles. The van der Waals surface area contributed by atoms with Crippen LogP contribution in [0, 0.1) is 6.92 Å². The van der Waals surface area contributed by atoms with Crippen molar-refractivity contribution in [2.75, 3.05) is 17.2 Å². The molecule has 1 aliphatic rings. The number of fused-ring (bicyclic) bond motifs is 1. The molecule has 4 heteroatoms. The van der Waals surface area contributed by atoms with Gasteiger partial charge in [0.25, 0.3) is 5.91 Å². The van der Waals surface area contributed by atoms with Crippen LogP contribution >= 0.6 is 0 Å². The van der Waals surface area contributed by atoms with Gasteiger partial charge in [0.1, 0.15) is 0 Å². The van der Waals surface area contributed by atoms with E-state index in [1.165, 1.54) is 5.56 Å². The second kappa shape index (κ2) is 7.43. The highest BCUT2D eigenvalue weighted by molar-refractivity contribution is 6.10. The molecule has 25 heavy (non-hydrogen) atoms. The van der Waals surface area contributed by atoms with E-state index in [1.54, 1.807) is 23.1 Å². The minimum absolute atomic E-state index is 0.103. The highest BCUT2D eigenvalue weighted by Crippen LogP contribution is 2.37. The first kappa shape index (κ1) is 17.1. The molecule has 0 atom stereocenters. The number of hydrogen-bond donors (Lipinski definition) is 1. The fourth-order valence-electron chi connectivity index (χ4n) is 2.89. The van der Waals surface area contributed by atoms with Gasteiger partial charge >= 0.3 is 0 Å². The lowest BCUT2D eigenvalue weighted by Gasteiger charge is -2.30. The fourth-order valence-corrected chi connectivity index (χ4v) is 2.89. The highest BCUT2D eigenvalue weighted by Gasteiger charge is 2.30. The maximum absolute atomic E-state index is 12.9. The molecule has 0 aromatic heterocycles. The van der Waals surface area contributed by atoms with Gasteiger partial charge in [-0.05, 0) is 37.1 Å². The summed E-state index contributed by atoms with van der Waals surface area (Å²) in [6.45, 7) is 4.87. The summed E-state index contributed by atoms with van der Waals surface area (Å²) in [5.74, 6) is 0.863. The monoisotopic (exact) mass is 336 g/mol. The molecule has 0 unspecified atom stereocenters. The van der Waals surface area contributed by atoms with Crippen molar-refractivity contribution in [1.82, 2.24) is 0 Å². The number of unbranched alkanes of at least 4 members (excludes halogenated alkanes) is 2. The van der Waals surface area contributed by atoms with Crippen LogP contribution in [0.2, 0.25) is 0 Å². The lowest BCUT2D eigenvalue weighted by atomic mass is 10.1. The van der Waals surface area contributed by atoms with E-state index in [-0.39, 0.29) is 5.91 Å². The van der Waals surface area contributed by atoms with Crippen molar-refractivity contribution in [3.8, 4) is 5.75 Å². The van der Waals surface area contributed by atoms with Crippen LogP contribution in [0.15, 0.2) is 48.2 Å². The van der Waals surface area contributed by atoms with Gasteiger partial charge in [0.15, 0.2) is 11.5 Å². The smallest absolute Gasteiger partial charge is 0.294 e. The number of anilines is 2. The Bertz CT molecular complexity index is 794. The van der Waals surface area contributed by atoms with E-state index in [1.807, 2.05) is 37.3 Å². The van der Waals surface area contributed by atoms with E-state index in [2.05, 4.69) is 6.92 Å². The van der Waals surface area contributed by atoms with E-state index >= 15 is 0 Å². The first-order valence-electron chi connectivity index (χ1n) is 8.76. The van der Waals surface area contributed by atoms with Gasteiger partial charge in [-0.1, -0.05) is 49.6 Å². The second-order valence-electron chi connectivity index (χ2n) is 6.41. The average Bonchev–Trinajstić information content (AvgIpc) is 2.60. The first-order valence-corrected chi connectivity index (χ1v) is 8.76. The molecular weight excluding hydrogens is 312 g/mol. The molecule has 4 nitrogen and oxygen atoms in total. The molecule has 1 aliphatic heterocycles. The Labute approximate surface area is 148 Å². The molecule has 0 spiro atoms. The second-order valence-corrected chi connectivity index (χ2v) is 6.41. The van der Waals surface area contributed by atoms with Gasteiger partial charge in [-0.15, -0.1) is 0 Å². The molecule has 1 amide bonds. The minimum atomic E-state index is -0.103. The lowest BCUT2D eigenvalue weighted by Crippen LogP contribution is -2.38. The molecule has 2 aromatic rings. The Morgan fingerprint density at radius 3 is 2.60 bits per heavy atom. The number of aryl methyl sites for hydroxylation is 1. The van der Waals surface area contributed by atoms with Gasteiger partial charge in [-0.3, -0.25) is 4.79 Å². The van der Waals surface area contributed by atoms with Crippen molar-refractivity contribution in [2.45, 2.75) is 33.1 Å². The van der Waals surface area contributed by atoms with Gasteiger partial charge in [0, 0.05) is 18.3 Å². The average molecular weight is 336 g/mol. The van der Waals surface area contributed by atoms with Crippen LogP contribution in [-0.4, -0.2) is 12.5 Å². The summed E-state index contributed by atoms with van der Waals surface area (Å²) in [5.41, 5.74) is 9.42. The predicted molar refractivity (Wildman–Crippen MR) is 103 cm³/mol. The van der Waals surface area contributed by atoms with Crippen molar-refractivity contribution < 1.29 is 9.53 Å². The molecular formula is C21H24N2O2. The number of nitrogens with zero attached hydrogens (tertiary/aromatic N) is 1. The van der Waals surface area contributed by atoms with Gasteiger partial charge in [-0.2, -0.15) is 0 Å². The van der Waals surface area contributed by atoms with Gasteiger partial charge in [0.05, 0.1) is 5.69 Å². The zero-order valence-electron chi connectivity index (χ0n) is 14.8. The zero-order chi connectivity index (χ0) is 17.8. The van der Waals surface area contributed by atoms with E-state index < -0.39 is 0 Å². The number of amides is 1. The van der Waals surface area contributed by atoms with Crippen LogP contribution in [0.1, 0.15) is 37.3 Å². The molecule has 0 saturated carbocycles. The maximum Gasteiger partial charge on any atom is 0.294 e. The van der Waals surface area contributed by atoms with Crippen molar-refractivity contribution in [1.29, 1.82) is 0 Å². The van der Waals surface area contributed by atoms with Crippen LogP contribution in [0.4, 0.5) is 11.4 Å². The number of ether oxygens (including phenoxy) is 1. The third-order valence-corrected chi connectivity index (χ3v) is 4.31. The van der Waals surface area contributed by atoms with Crippen LogP contribution in [0.25, 0.3) is 6.08 Å². The number of nitrogens with two attached hydrogens (primary N) is 1. The normalized spacial score (nSPS) is 15.2. The Morgan fingerprint density at radius 1 is 1.12 bits per heavy atom. The highest BCUT2D eigenvalue weighted by atomic mass is 16.5. The van der Waals surface area contributed by atoms with Crippen LogP contribution < -0.4 is 15.4 Å². The molecule has 3 rings (SSSR count). The summed E-state index contributed by atoms with van der Waals surface area (Å²) in [4.78, 5) is 14.7. The Morgan fingerprint density at radius 2 is 1.88 bits per heavy atom. The number of benzene rings is 2. The summed E-state index contributed by atoms with van der Waals surface area (Å²) in [5, 5.41) is 0. The summed E-state index contributed by atoms with van der Waals surface area (Å²) < 4.78 is 5.89. The van der Waals surface area contributed by atoms with Crippen LogP contribution in [-0.2, 0) is 4.79 Å². The SMILES string of the molecule is CCCCCN1C(=O)/C(=C\c2ccc(C)cc2)Oc2cc(N)ccc21. The molecule has 0 fully saturated rings. The van der Waals surface area contributed by atoms with E-state index in [0.29, 0.717) is 23.7 Å². The summed E-state index contributed by atoms with van der Waals surface area (Å²) in [6, 6.07) is 13.4. The van der Waals surface area contributed by atoms with Crippen molar-refractivity contribution in [2.24, 2.45) is 0 Å². The van der Waals surface area contributed by atoms with Crippen molar-refractivity contribution in [3.05, 3.63) is 59.4 Å². The third-order valence-electron chi connectivity index (χ3n) is 4.31. The van der Waals surface area contributed by atoms with Gasteiger partial charge in [-0.25, -0.2) is 0 Å². The first-order chi connectivity index (χ1) is 12.1. The fraction of sp³-hybridized carbons (Fsp3) is 0.286.